The number of hydrogen-bond acceptors (Lipinski definition) is 5. The predicted molar refractivity (Wildman–Crippen MR) is 87.2 cm³/mol. The molecule has 0 saturated heterocycles. The Balaban J connectivity index is 2.21. The summed E-state index contributed by atoms with van der Waals surface area (Å²) < 4.78 is 58.2. The van der Waals surface area contributed by atoms with Crippen molar-refractivity contribution in [1.29, 1.82) is 0 Å². The maximum absolute atomic E-state index is 14.3. The second-order valence-electron chi connectivity index (χ2n) is 5.90. The van der Waals surface area contributed by atoms with Crippen molar-refractivity contribution in [2.24, 2.45) is 0 Å². The molecule has 5 nitrogen and oxygen atoms in total. The molecule has 0 fully saturated rings. The normalized spacial score (nSPS) is 21.8. The zero-order chi connectivity index (χ0) is 18.6. The summed E-state index contributed by atoms with van der Waals surface area (Å²) >= 11 is 5.83. The fraction of sp³-hybridized carbons (Fsp3) is 0.312. The summed E-state index contributed by atoms with van der Waals surface area (Å²) in [4.78, 5) is 3.51. The first-order valence-electron chi connectivity index (χ1n) is 7.24. The summed E-state index contributed by atoms with van der Waals surface area (Å²) in [6, 6.07) is 3.89. The van der Waals surface area contributed by atoms with Crippen LogP contribution in [0, 0.1) is 0 Å². The van der Waals surface area contributed by atoms with Gasteiger partial charge in [-0.3, -0.25) is 4.98 Å². The van der Waals surface area contributed by atoms with E-state index in [2.05, 4.69) is 4.98 Å². The van der Waals surface area contributed by atoms with Crippen LogP contribution in [0.25, 0.3) is 0 Å². The van der Waals surface area contributed by atoms with Crippen molar-refractivity contribution < 1.29 is 27.0 Å². The average Bonchev–Trinajstić information content (AvgIpc) is 2.68. The average molecular weight is 390 g/mol. The smallest absolute Gasteiger partial charge is 0.284 e. The van der Waals surface area contributed by atoms with Gasteiger partial charge in [-0.05, 0) is 12.1 Å². The lowest BCUT2D eigenvalue weighted by Crippen LogP contribution is -2.25. The zero-order valence-electron chi connectivity index (χ0n) is 13.2. The van der Waals surface area contributed by atoms with E-state index in [0.29, 0.717) is 5.02 Å². The molecule has 2 aromatic rings. The van der Waals surface area contributed by atoms with E-state index < -0.39 is 27.8 Å². The quantitative estimate of drug-likeness (QED) is 0.865. The fourth-order valence-corrected chi connectivity index (χ4v) is 4.03. The third-order valence-corrected chi connectivity index (χ3v) is 5.52. The van der Waals surface area contributed by atoms with E-state index >= 15 is 0 Å². The molecule has 0 saturated carbocycles. The molecule has 0 spiro atoms. The van der Waals surface area contributed by atoms with Crippen molar-refractivity contribution in [1.82, 2.24) is 4.98 Å². The van der Waals surface area contributed by atoms with Gasteiger partial charge in [0.2, 0.25) is 0 Å². The van der Waals surface area contributed by atoms with Crippen LogP contribution < -0.4 is 4.74 Å². The van der Waals surface area contributed by atoms with Crippen LogP contribution in [-0.2, 0) is 9.84 Å². The number of benzene rings is 1. The number of hydrogen-bond donors (Lipinski definition) is 1. The summed E-state index contributed by atoms with van der Waals surface area (Å²) in [5, 5.41) is 10.3. The second-order valence-corrected chi connectivity index (χ2v) is 8.32. The van der Waals surface area contributed by atoms with Gasteiger partial charge in [-0.25, -0.2) is 17.2 Å². The van der Waals surface area contributed by atoms with Gasteiger partial charge in [0.05, 0.1) is 22.0 Å². The minimum absolute atomic E-state index is 0.0233. The molecule has 0 radical (unpaired) electrons. The predicted octanol–water partition coefficient (Wildman–Crippen LogP) is 3.72. The van der Waals surface area contributed by atoms with E-state index in [1.54, 1.807) is 0 Å². The Kier molecular flexibility index (Phi) is 4.25. The third-order valence-electron chi connectivity index (χ3n) is 4.16. The Labute approximate surface area is 148 Å². The summed E-state index contributed by atoms with van der Waals surface area (Å²) in [7, 11) is -3.81. The highest BCUT2D eigenvalue weighted by atomic mass is 35.5. The SMILES string of the molecule is C[C@@H]1c2c(Oc3cncc(Cl)c3)ccc(S(C)(=O)=O)c2[C@H](O)C1(F)F. The Bertz CT molecular complexity index is 949. The van der Waals surface area contributed by atoms with Gasteiger partial charge in [-0.1, -0.05) is 18.5 Å². The van der Waals surface area contributed by atoms with Crippen LogP contribution in [0.15, 0.2) is 35.5 Å². The number of aromatic nitrogens is 1. The largest absolute Gasteiger partial charge is 0.455 e. The molecule has 134 valence electrons. The molecule has 0 bridgehead atoms. The number of pyridine rings is 1. The molecule has 0 aliphatic heterocycles. The van der Waals surface area contributed by atoms with Gasteiger partial charge in [-0.15, -0.1) is 0 Å². The molecule has 0 amide bonds. The highest BCUT2D eigenvalue weighted by Crippen LogP contribution is 2.56. The standard InChI is InChI=1S/C16H14ClF2NO4S/c1-8-13-11(24-10-5-9(17)6-20-7-10)3-4-12(25(2,22)23)14(13)15(21)16(8,18)19/h3-8,15,21H,1-2H3/t8-,15+/m1/s1. The number of aliphatic hydroxyl groups is 1. The van der Waals surface area contributed by atoms with Gasteiger partial charge in [0.1, 0.15) is 17.6 Å². The van der Waals surface area contributed by atoms with Crippen molar-refractivity contribution >= 4 is 21.4 Å². The number of fused-ring (bicyclic) bond motifs is 1. The molecule has 25 heavy (non-hydrogen) atoms. The molecule has 1 aliphatic rings. The maximum Gasteiger partial charge on any atom is 0.284 e. The molecule has 1 heterocycles. The molecule has 1 aromatic heterocycles. The third kappa shape index (κ3) is 2.98. The molecule has 3 rings (SSSR count). The van der Waals surface area contributed by atoms with Crippen molar-refractivity contribution in [3.8, 4) is 11.5 Å². The molecule has 9 heteroatoms. The molecular weight excluding hydrogens is 376 g/mol. The van der Waals surface area contributed by atoms with Crippen LogP contribution >= 0.6 is 11.6 Å². The van der Waals surface area contributed by atoms with Crippen LogP contribution in [0.4, 0.5) is 8.78 Å². The lowest BCUT2D eigenvalue weighted by Gasteiger charge is -2.19. The number of halogens is 3. The summed E-state index contributed by atoms with van der Waals surface area (Å²) in [5.41, 5.74) is -0.368. The maximum atomic E-state index is 14.3. The van der Waals surface area contributed by atoms with Gasteiger partial charge < -0.3 is 9.84 Å². The van der Waals surface area contributed by atoms with Gasteiger partial charge in [-0.2, -0.15) is 0 Å². The monoisotopic (exact) mass is 389 g/mol. The van der Waals surface area contributed by atoms with Crippen molar-refractivity contribution in [2.45, 2.75) is 29.8 Å². The number of aliphatic hydroxyl groups excluding tert-OH is 1. The number of nitrogens with zero attached hydrogens (tertiary/aromatic N) is 1. The number of ether oxygens (including phenoxy) is 1. The Hall–Kier alpha value is -1.77. The summed E-state index contributed by atoms with van der Waals surface area (Å²) in [6.45, 7) is 1.21. The van der Waals surface area contributed by atoms with E-state index in [4.69, 9.17) is 16.3 Å². The number of sulfone groups is 1. The Morgan fingerprint density at radius 3 is 2.56 bits per heavy atom. The minimum Gasteiger partial charge on any atom is -0.455 e. The van der Waals surface area contributed by atoms with Crippen LogP contribution in [-0.4, -0.2) is 30.7 Å². The van der Waals surface area contributed by atoms with Crippen molar-refractivity contribution in [3.63, 3.8) is 0 Å². The molecule has 1 aliphatic carbocycles. The number of alkyl halides is 2. The van der Waals surface area contributed by atoms with Gasteiger partial charge in [0.15, 0.2) is 9.84 Å². The topological polar surface area (TPSA) is 76.5 Å². The lowest BCUT2D eigenvalue weighted by atomic mass is 10.0. The lowest BCUT2D eigenvalue weighted by molar-refractivity contribution is -0.112. The highest BCUT2D eigenvalue weighted by Gasteiger charge is 2.55. The Morgan fingerprint density at radius 1 is 1.28 bits per heavy atom. The molecule has 1 N–H and O–H groups in total. The molecule has 0 unspecified atom stereocenters. The first-order valence-corrected chi connectivity index (χ1v) is 9.51. The highest BCUT2D eigenvalue weighted by molar-refractivity contribution is 7.90. The fourth-order valence-electron chi connectivity index (χ4n) is 2.93. The van der Waals surface area contributed by atoms with Gasteiger partial charge >= 0.3 is 0 Å². The van der Waals surface area contributed by atoms with Crippen molar-refractivity contribution in [3.05, 3.63) is 46.7 Å². The van der Waals surface area contributed by atoms with Gasteiger partial charge in [0, 0.05) is 29.6 Å². The number of rotatable bonds is 3. The molecular formula is C16H14ClF2NO4S. The second kappa shape index (κ2) is 5.89. The summed E-state index contributed by atoms with van der Waals surface area (Å²) in [6.07, 6.45) is 1.39. The van der Waals surface area contributed by atoms with Crippen molar-refractivity contribution in [2.75, 3.05) is 6.26 Å². The van der Waals surface area contributed by atoms with Crippen LogP contribution in [0.3, 0.4) is 0 Å². The zero-order valence-corrected chi connectivity index (χ0v) is 14.8. The van der Waals surface area contributed by atoms with Crippen LogP contribution in [0.5, 0.6) is 11.5 Å². The minimum atomic E-state index is -3.81. The molecule has 1 aromatic carbocycles. The van der Waals surface area contributed by atoms with Crippen LogP contribution in [0.1, 0.15) is 30.1 Å². The van der Waals surface area contributed by atoms with E-state index in [1.165, 1.54) is 31.5 Å². The Morgan fingerprint density at radius 2 is 1.96 bits per heavy atom. The summed E-state index contributed by atoms with van der Waals surface area (Å²) in [5.74, 6) is -4.72. The first kappa shape index (κ1) is 18.0. The van der Waals surface area contributed by atoms with Gasteiger partial charge in [0.25, 0.3) is 5.92 Å². The first-order chi connectivity index (χ1) is 11.5. The van der Waals surface area contributed by atoms with E-state index in [9.17, 15) is 22.3 Å². The van der Waals surface area contributed by atoms with E-state index in [1.807, 2.05) is 0 Å². The molecule has 2 atom stereocenters. The van der Waals surface area contributed by atoms with E-state index in [0.717, 1.165) is 12.3 Å². The van der Waals surface area contributed by atoms with E-state index in [-0.39, 0.29) is 27.5 Å². The van der Waals surface area contributed by atoms with Crippen LogP contribution in [0.2, 0.25) is 5.02 Å².